The highest BCUT2D eigenvalue weighted by Crippen LogP contribution is 2.34. The standard InChI is InChI=1S/C14H26OSi2/c1-11(15)13-9-8-12(16(2,3)4)10-14(13)17(5,6)7/h8,10,13H,9H2,1-7H3. The minimum absolute atomic E-state index is 0.168. The van der Waals surface area contributed by atoms with Gasteiger partial charge in [0.25, 0.3) is 0 Å². The molecule has 0 spiro atoms. The summed E-state index contributed by atoms with van der Waals surface area (Å²) in [6.07, 6.45) is 5.64. The van der Waals surface area contributed by atoms with E-state index in [1.807, 2.05) is 0 Å². The van der Waals surface area contributed by atoms with Gasteiger partial charge in [-0.25, -0.2) is 0 Å². The van der Waals surface area contributed by atoms with Crippen LogP contribution in [0.15, 0.2) is 22.5 Å². The average Bonchev–Trinajstić information content (AvgIpc) is 2.14. The van der Waals surface area contributed by atoms with Crippen LogP contribution in [0.25, 0.3) is 0 Å². The number of hydrogen-bond donors (Lipinski definition) is 0. The van der Waals surface area contributed by atoms with E-state index in [1.54, 1.807) is 6.92 Å². The Bertz CT molecular complexity index is 378. The lowest BCUT2D eigenvalue weighted by atomic mass is 9.96. The van der Waals surface area contributed by atoms with Gasteiger partial charge in [0.2, 0.25) is 0 Å². The van der Waals surface area contributed by atoms with Crippen LogP contribution in [-0.4, -0.2) is 21.9 Å². The van der Waals surface area contributed by atoms with Crippen molar-refractivity contribution in [3.05, 3.63) is 22.5 Å². The van der Waals surface area contributed by atoms with Crippen LogP contribution >= 0.6 is 0 Å². The van der Waals surface area contributed by atoms with Crippen LogP contribution in [0.1, 0.15) is 13.3 Å². The Morgan fingerprint density at radius 2 is 1.65 bits per heavy atom. The number of allylic oxidation sites excluding steroid dienone is 4. The van der Waals surface area contributed by atoms with E-state index in [9.17, 15) is 4.79 Å². The molecule has 0 saturated carbocycles. The number of rotatable bonds is 3. The summed E-state index contributed by atoms with van der Waals surface area (Å²) in [6.45, 7) is 15.9. The molecule has 0 aromatic rings. The summed E-state index contributed by atoms with van der Waals surface area (Å²) in [6, 6.07) is 0. The van der Waals surface area contributed by atoms with Gasteiger partial charge in [-0.2, -0.15) is 0 Å². The number of carbonyl (C=O) groups is 1. The molecule has 0 amide bonds. The van der Waals surface area contributed by atoms with Gasteiger partial charge in [0.1, 0.15) is 5.78 Å². The molecule has 0 saturated heterocycles. The van der Waals surface area contributed by atoms with Crippen LogP contribution in [0.5, 0.6) is 0 Å². The van der Waals surface area contributed by atoms with Crippen molar-refractivity contribution in [3.8, 4) is 0 Å². The Morgan fingerprint density at radius 3 is 2.00 bits per heavy atom. The average molecular weight is 267 g/mol. The van der Waals surface area contributed by atoms with Gasteiger partial charge in [0.05, 0.1) is 16.1 Å². The molecular formula is C14H26OSi2. The molecule has 1 nitrogen and oxygen atoms in total. The molecule has 0 aromatic heterocycles. The van der Waals surface area contributed by atoms with E-state index < -0.39 is 16.1 Å². The summed E-state index contributed by atoms with van der Waals surface area (Å²) in [4.78, 5) is 11.8. The largest absolute Gasteiger partial charge is 0.299 e. The zero-order valence-electron chi connectivity index (χ0n) is 12.3. The maximum atomic E-state index is 11.8. The minimum atomic E-state index is -1.38. The summed E-state index contributed by atoms with van der Waals surface area (Å²) in [5.74, 6) is 0.506. The second-order valence-electron chi connectivity index (χ2n) is 7.16. The smallest absolute Gasteiger partial charge is 0.136 e. The molecule has 17 heavy (non-hydrogen) atoms. The van der Waals surface area contributed by atoms with E-state index in [-0.39, 0.29) is 5.92 Å². The lowest BCUT2D eigenvalue weighted by Crippen LogP contribution is -2.36. The predicted molar refractivity (Wildman–Crippen MR) is 81.6 cm³/mol. The second-order valence-corrected chi connectivity index (χ2v) is 17.3. The predicted octanol–water partition coefficient (Wildman–Crippen LogP) is 4.20. The van der Waals surface area contributed by atoms with Crippen molar-refractivity contribution in [2.75, 3.05) is 0 Å². The lowest BCUT2D eigenvalue weighted by molar-refractivity contribution is -0.119. The van der Waals surface area contributed by atoms with E-state index in [4.69, 9.17) is 0 Å². The van der Waals surface area contributed by atoms with Crippen molar-refractivity contribution in [1.29, 1.82) is 0 Å². The lowest BCUT2D eigenvalue weighted by Gasteiger charge is -2.33. The summed E-state index contributed by atoms with van der Waals surface area (Å²) >= 11 is 0. The molecule has 0 aromatic carbocycles. The van der Waals surface area contributed by atoms with Gasteiger partial charge in [-0.15, -0.1) is 0 Å². The maximum absolute atomic E-state index is 11.8. The first kappa shape index (κ1) is 14.6. The van der Waals surface area contributed by atoms with Crippen LogP contribution < -0.4 is 0 Å². The molecule has 0 radical (unpaired) electrons. The van der Waals surface area contributed by atoms with Gasteiger partial charge in [-0.05, 0) is 13.3 Å². The monoisotopic (exact) mass is 266 g/mol. The number of Topliss-reactive ketones (excluding diaryl/α,β-unsaturated/α-hetero) is 1. The SMILES string of the molecule is CC(=O)C1CC=C([Si](C)(C)C)C=C1[Si](C)(C)C. The van der Waals surface area contributed by atoms with Gasteiger partial charge >= 0.3 is 0 Å². The van der Waals surface area contributed by atoms with Gasteiger partial charge in [0, 0.05) is 5.92 Å². The van der Waals surface area contributed by atoms with Crippen molar-refractivity contribution < 1.29 is 4.79 Å². The van der Waals surface area contributed by atoms with E-state index >= 15 is 0 Å². The van der Waals surface area contributed by atoms with Crippen LogP contribution in [0.3, 0.4) is 0 Å². The van der Waals surface area contributed by atoms with Gasteiger partial charge < -0.3 is 0 Å². The number of carbonyl (C=O) groups excluding carboxylic acids is 1. The van der Waals surface area contributed by atoms with Crippen molar-refractivity contribution in [2.24, 2.45) is 5.92 Å². The molecule has 0 bridgehead atoms. The van der Waals surface area contributed by atoms with Gasteiger partial charge in [0.15, 0.2) is 0 Å². The molecule has 1 rings (SSSR count). The van der Waals surface area contributed by atoms with E-state index in [1.165, 1.54) is 10.4 Å². The molecule has 96 valence electrons. The third-order valence-electron chi connectivity index (χ3n) is 3.48. The minimum Gasteiger partial charge on any atom is -0.299 e. The quantitative estimate of drug-likeness (QED) is 0.700. The number of ketones is 1. The Hall–Kier alpha value is -0.416. The fourth-order valence-electron chi connectivity index (χ4n) is 2.35. The molecule has 0 aliphatic heterocycles. The number of hydrogen-bond acceptors (Lipinski definition) is 1. The first-order chi connectivity index (χ1) is 7.53. The van der Waals surface area contributed by atoms with E-state index in [0.29, 0.717) is 5.78 Å². The van der Waals surface area contributed by atoms with Gasteiger partial charge in [-0.3, -0.25) is 4.79 Å². The summed E-state index contributed by atoms with van der Waals surface area (Å²) in [7, 11) is -2.63. The highest BCUT2D eigenvalue weighted by atomic mass is 28.3. The maximum Gasteiger partial charge on any atom is 0.136 e. The van der Waals surface area contributed by atoms with Crippen LogP contribution in [0.4, 0.5) is 0 Å². The fraction of sp³-hybridized carbons (Fsp3) is 0.643. The van der Waals surface area contributed by atoms with Crippen molar-refractivity contribution >= 4 is 21.9 Å². The van der Waals surface area contributed by atoms with Crippen LogP contribution in [0, 0.1) is 5.92 Å². The molecular weight excluding hydrogens is 240 g/mol. The van der Waals surface area contributed by atoms with Crippen molar-refractivity contribution in [2.45, 2.75) is 52.6 Å². The van der Waals surface area contributed by atoms with E-state index in [2.05, 4.69) is 51.4 Å². The molecule has 1 aliphatic carbocycles. The fourth-order valence-corrected chi connectivity index (χ4v) is 5.76. The summed E-state index contributed by atoms with van der Waals surface area (Å²) < 4.78 is 0. The first-order valence-electron chi connectivity index (χ1n) is 6.46. The van der Waals surface area contributed by atoms with E-state index in [0.717, 1.165) is 6.42 Å². The molecule has 3 heteroatoms. The second kappa shape index (κ2) is 4.69. The normalized spacial score (nSPS) is 21.9. The first-order valence-corrected chi connectivity index (χ1v) is 13.5. The molecule has 1 unspecified atom stereocenters. The zero-order valence-corrected chi connectivity index (χ0v) is 14.3. The third kappa shape index (κ3) is 3.52. The summed E-state index contributed by atoms with van der Waals surface area (Å²) in [5.41, 5.74) is 0. The van der Waals surface area contributed by atoms with Crippen LogP contribution in [-0.2, 0) is 4.79 Å². The molecule has 0 heterocycles. The summed E-state index contributed by atoms with van der Waals surface area (Å²) in [5, 5.41) is 3.00. The van der Waals surface area contributed by atoms with Crippen LogP contribution in [0.2, 0.25) is 39.3 Å². The molecule has 0 fully saturated rings. The Balaban J connectivity index is 3.18. The highest BCUT2D eigenvalue weighted by Gasteiger charge is 2.33. The molecule has 0 N–H and O–H groups in total. The highest BCUT2D eigenvalue weighted by molar-refractivity contribution is 6.86. The Morgan fingerprint density at radius 1 is 1.12 bits per heavy atom. The Kier molecular flexibility index (Phi) is 4.04. The third-order valence-corrected chi connectivity index (χ3v) is 7.79. The van der Waals surface area contributed by atoms with Gasteiger partial charge in [-0.1, -0.05) is 61.8 Å². The van der Waals surface area contributed by atoms with Crippen molar-refractivity contribution in [3.63, 3.8) is 0 Å². The van der Waals surface area contributed by atoms with Crippen molar-refractivity contribution in [1.82, 2.24) is 0 Å². The topological polar surface area (TPSA) is 17.1 Å². The Labute approximate surface area is 108 Å². The zero-order chi connectivity index (χ0) is 13.4. The molecule has 1 aliphatic rings. The molecule has 1 atom stereocenters.